The van der Waals surface area contributed by atoms with Crippen molar-refractivity contribution in [3.8, 4) is 0 Å². The van der Waals surface area contributed by atoms with Gasteiger partial charge in [0.05, 0.1) is 0 Å². The summed E-state index contributed by atoms with van der Waals surface area (Å²) in [6.45, 7) is 1.30. The molecular weight excluding hydrogens is 134 g/mol. The Kier molecular flexibility index (Phi) is 1.02. The third kappa shape index (κ3) is 0.661. The van der Waals surface area contributed by atoms with Crippen molar-refractivity contribution in [2.45, 2.75) is 31.7 Å². The van der Waals surface area contributed by atoms with E-state index in [1.54, 1.807) is 5.69 Å². The predicted molar refractivity (Wildman–Crippen MR) is 44.5 cm³/mol. The number of hydrogen-bond acceptors (Lipinski definition) is 0. The monoisotopic (exact) mass is 147 g/mol. The van der Waals surface area contributed by atoms with Crippen LogP contribution in [0.25, 0.3) is 0 Å². The molecule has 0 N–H and O–H groups in total. The van der Waals surface area contributed by atoms with E-state index in [4.69, 9.17) is 0 Å². The molecular formula is C10H13N. The standard InChI is InChI=1S/C10H13N/c1-3-8-7-11-6-2-5-10(11)9(8)4-1/h2,5-6,8-9H,1,3-4,7H2. The molecule has 0 bridgehead atoms. The predicted octanol–water partition coefficient (Wildman–Crippen LogP) is 2.39. The molecule has 2 atom stereocenters. The van der Waals surface area contributed by atoms with Gasteiger partial charge in [0.2, 0.25) is 0 Å². The Labute approximate surface area is 67.0 Å². The summed E-state index contributed by atoms with van der Waals surface area (Å²) in [7, 11) is 0. The summed E-state index contributed by atoms with van der Waals surface area (Å²) < 4.78 is 2.44. The Balaban J connectivity index is 2.08. The van der Waals surface area contributed by atoms with Crippen molar-refractivity contribution in [2.75, 3.05) is 0 Å². The first-order chi connectivity index (χ1) is 5.45. The van der Waals surface area contributed by atoms with E-state index < -0.39 is 0 Å². The molecule has 1 nitrogen and oxygen atoms in total. The van der Waals surface area contributed by atoms with Crippen molar-refractivity contribution in [1.29, 1.82) is 0 Å². The molecule has 1 aliphatic heterocycles. The van der Waals surface area contributed by atoms with Crippen molar-refractivity contribution >= 4 is 0 Å². The number of fused-ring (bicyclic) bond motifs is 3. The van der Waals surface area contributed by atoms with Crippen LogP contribution in [0.15, 0.2) is 18.3 Å². The lowest BCUT2D eigenvalue weighted by molar-refractivity contribution is 0.492. The van der Waals surface area contributed by atoms with E-state index >= 15 is 0 Å². The molecule has 1 aromatic heterocycles. The minimum atomic E-state index is 0.921. The minimum Gasteiger partial charge on any atom is -0.351 e. The lowest BCUT2D eigenvalue weighted by atomic mass is 9.97. The molecule has 2 aliphatic rings. The van der Waals surface area contributed by atoms with Crippen LogP contribution < -0.4 is 0 Å². The Bertz CT molecular complexity index is 274. The highest BCUT2D eigenvalue weighted by molar-refractivity contribution is 5.19. The normalized spacial score (nSPS) is 33.8. The summed E-state index contributed by atoms with van der Waals surface area (Å²) in [5.41, 5.74) is 1.60. The van der Waals surface area contributed by atoms with Crippen LogP contribution in [0.1, 0.15) is 30.9 Å². The molecule has 0 amide bonds. The molecule has 2 heterocycles. The van der Waals surface area contributed by atoms with Gasteiger partial charge in [0.25, 0.3) is 0 Å². The third-order valence-electron chi connectivity index (χ3n) is 3.33. The highest BCUT2D eigenvalue weighted by atomic mass is 15.0. The fraction of sp³-hybridized carbons (Fsp3) is 0.600. The van der Waals surface area contributed by atoms with E-state index in [1.165, 1.54) is 25.8 Å². The summed E-state index contributed by atoms with van der Waals surface area (Å²) in [4.78, 5) is 0. The van der Waals surface area contributed by atoms with Gasteiger partial charge < -0.3 is 4.57 Å². The second-order valence-electron chi connectivity index (χ2n) is 3.88. The fourth-order valence-electron chi connectivity index (χ4n) is 2.83. The second-order valence-corrected chi connectivity index (χ2v) is 3.88. The van der Waals surface area contributed by atoms with Gasteiger partial charge in [0, 0.05) is 24.4 Å². The molecule has 11 heavy (non-hydrogen) atoms. The molecule has 0 aromatic carbocycles. The fourth-order valence-corrected chi connectivity index (χ4v) is 2.83. The van der Waals surface area contributed by atoms with Crippen molar-refractivity contribution < 1.29 is 0 Å². The maximum Gasteiger partial charge on any atom is 0.0257 e. The van der Waals surface area contributed by atoms with E-state index in [2.05, 4.69) is 22.9 Å². The highest BCUT2D eigenvalue weighted by Crippen LogP contribution is 2.45. The summed E-state index contributed by atoms with van der Waals surface area (Å²) >= 11 is 0. The van der Waals surface area contributed by atoms with E-state index in [0.717, 1.165) is 11.8 Å². The van der Waals surface area contributed by atoms with E-state index in [9.17, 15) is 0 Å². The average Bonchev–Trinajstić information content (AvgIpc) is 2.52. The molecule has 1 heteroatoms. The van der Waals surface area contributed by atoms with Gasteiger partial charge >= 0.3 is 0 Å². The largest absolute Gasteiger partial charge is 0.351 e. The highest BCUT2D eigenvalue weighted by Gasteiger charge is 2.35. The third-order valence-corrected chi connectivity index (χ3v) is 3.33. The van der Waals surface area contributed by atoms with E-state index in [0.29, 0.717) is 0 Å². The zero-order valence-corrected chi connectivity index (χ0v) is 6.66. The van der Waals surface area contributed by atoms with Gasteiger partial charge in [0.15, 0.2) is 0 Å². The van der Waals surface area contributed by atoms with Gasteiger partial charge in [-0.2, -0.15) is 0 Å². The second kappa shape index (κ2) is 1.90. The van der Waals surface area contributed by atoms with Crippen LogP contribution >= 0.6 is 0 Å². The summed E-state index contributed by atoms with van der Waals surface area (Å²) in [5, 5.41) is 0. The SMILES string of the molecule is c1cc2n(c1)CC1CCCC21. The van der Waals surface area contributed by atoms with E-state index in [1.807, 2.05) is 0 Å². The molecule has 1 aliphatic carbocycles. The van der Waals surface area contributed by atoms with Crippen molar-refractivity contribution in [3.05, 3.63) is 24.0 Å². The van der Waals surface area contributed by atoms with Gasteiger partial charge in [0.1, 0.15) is 0 Å². The smallest absolute Gasteiger partial charge is 0.0257 e. The lowest BCUT2D eigenvalue weighted by Crippen LogP contribution is -1.98. The molecule has 0 spiro atoms. The van der Waals surface area contributed by atoms with Crippen molar-refractivity contribution in [3.63, 3.8) is 0 Å². The maximum absolute atomic E-state index is 2.44. The Morgan fingerprint density at radius 2 is 2.36 bits per heavy atom. The maximum atomic E-state index is 2.44. The molecule has 1 saturated carbocycles. The van der Waals surface area contributed by atoms with Crippen LogP contribution in [0.4, 0.5) is 0 Å². The first-order valence-electron chi connectivity index (χ1n) is 4.60. The van der Waals surface area contributed by atoms with Crippen molar-refractivity contribution in [1.82, 2.24) is 4.57 Å². The zero-order valence-electron chi connectivity index (χ0n) is 6.66. The van der Waals surface area contributed by atoms with Crippen LogP contribution in [-0.2, 0) is 6.54 Å². The van der Waals surface area contributed by atoms with Gasteiger partial charge in [-0.05, 0) is 30.9 Å². The molecule has 1 aromatic rings. The van der Waals surface area contributed by atoms with Crippen LogP contribution in [0, 0.1) is 5.92 Å². The quantitative estimate of drug-likeness (QED) is 0.531. The van der Waals surface area contributed by atoms with E-state index in [-0.39, 0.29) is 0 Å². The Hall–Kier alpha value is -0.720. The molecule has 58 valence electrons. The number of aromatic nitrogens is 1. The van der Waals surface area contributed by atoms with Gasteiger partial charge in [-0.1, -0.05) is 6.42 Å². The first kappa shape index (κ1) is 5.87. The van der Waals surface area contributed by atoms with Gasteiger partial charge in [-0.3, -0.25) is 0 Å². The first-order valence-corrected chi connectivity index (χ1v) is 4.60. The lowest BCUT2D eigenvalue weighted by Gasteiger charge is -2.05. The summed E-state index contributed by atoms with van der Waals surface area (Å²) in [6.07, 6.45) is 6.59. The Morgan fingerprint density at radius 1 is 1.36 bits per heavy atom. The number of rotatable bonds is 0. The molecule has 2 unspecified atom stereocenters. The number of nitrogens with zero attached hydrogens (tertiary/aromatic N) is 1. The summed E-state index contributed by atoms with van der Waals surface area (Å²) in [5.74, 6) is 1.91. The minimum absolute atomic E-state index is 0.921. The van der Waals surface area contributed by atoms with Crippen LogP contribution in [-0.4, -0.2) is 4.57 Å². The van der Waals surface area contributed by atoms with Crippen LogP contribution in [0.3, 0.4) is 0 Å². The van der Waals surface area contributed by atoms with Crippen molar-refractivity contribution in [2.24, 2.45) is 5.92 Å². The Morgan fingerprint density at radius 3 is 3.36 bits per heavy atom. The van der Waals surface area contributed by atoms with Gasteiger partial charge in [-0.15, -0.1) is 0 Å². The zero-order chi connectivity index (χ0) is 7.26. The topological polar surface area (TPSA) is 4.93 Å². The molecule has 0 radical (unpaired) electrons. The molecule has 1 fully saturated rings. The average molecular weight is 147 g/mol. The van der Waals surface area contributed by atoms with Crippen LogP contribution in [0.5, 0.6) is 0 Å². The number of hydrogen-bond donors (Lipinski definition) is 0. The van der Waals surface area contributed by atoms with Gasteiger partial charge in [-0.25, -0.2) is 0 Å². The molecule has 3 rings (SSSR count). The molecule has 0 saturated heterocycles. The summed E-state index contributed by atoms with van der Waals surface area (Å²) in [6, 6.07) is 4.49. The van der Waals surface area contributed by atoms with Crippen LogP contribution in [0.2, 0.25) is 0 Å².